The molecule has 19 heavy (non-hydrogen) atoms. The molecule has 0 aromatic heterocycles. The highest BCUT2D eigenvalue weighted by atomic mass is 16.3. The minimum absolute atomic E-state index is 0.0317. The van der Waals surface area contributed by atoms with E-state index in [0.29, 0.717) is 12.5 Å². The van der Waals surface area contributed by atoms with Gasteiger partial charge in [-0.3, -0.25) is 4.79 Å². The van der Waals surface area contributed by atoms with E-state index in [4.69, 9.17) is 0 Å². The van der Waals surface area contributed by atoms with E-state index < -0.39 is 0 Å². The molecule has 1 saturated carbocycles. The van der Waals surface area contributed by atoms with Crippen molar-refractivity contribution in [3.63, 3.8) is 0 Å². The first kappa shape index (κ1) is 14.8. The summed E-state index contributed by atoms with van der Waals surface area (Å²) in [7, 11) is 0. The lowest BCUT2D eigenvalue weighted by Crippen LogP contribution is -2.56. The van der Waals surface area contributed by atoms with Crippen molar-refractivity contribution in [3.05, 3.63) is 0 Å². The molecule has 2 aliphatic rings. The second kappa shape index (κ2) is 6.71. The highest BCUT2D eigenvalue weighted by molar-refractivity contribution is 5.82. The van der Waals surface area contributed by atoms with Gasteiger partial charge in [-0.25, -0.2) is 0 Å². The van der Waals surface area contributed by atoms with Crippen molar-refractivity contribution < 1.29 is 9.90 Å². The summed E-state index contributed by atoms with van der Waals surface area (Å²) in [4.78, 5) is 12.2. The molecule has 2 fully saturated rings. The number of aliphatic hydroxyl groups is 1. The summed E-state index contributed by atoms with van der Waals surface area (Å²) in [5, 5.41) is 15.9. The third-order valence-corrected chi connectivity index (χ3v) is 4.55. The van der Waals surface area contributed by atoms with Crippen molar-refractivity contribution in [2.24, 2.45) is 5.92 Å². The summed E-state index contributed by atoms with van der Waals surface area (Å²) < 4.78 is 0. The Morgan fingerprint density at radius 3 is 2.74 bits per heavy atom. The standard InChI is InChI=1S/C15H28N2O2/c1-10(9-11(2)18)16-15(19)14-8-7-12-5-3-4-6-13(12)17-14/h10-14,17-18H,3-9H2,1-2H3,(H,16,19). The molecule has 3 N–H and O–H groups in total. The molecule has 1 saturated heterocycles. The molecule has 0 radical (unpaired) electrons. The zero-order valence-electron chi connectivity index (χ0n) is 12.2. The van der Waals surface area contributed by atoms with E-state index in [2.05, 4.69) is 10.6 Å². The Bertz CT molecular complexity index is 307. The maximum absolute atomic E-state index is 12.2. The maximum Gasteiger partial charge on any atom is 0.237 e. The summed E-state index contributed by atoms with van der Waals surface area (Å²) in [6.07, 6.45) is 7.57. The fourth-order valence-corrected chi connectivity index (χ4v) is 3.62. The molecule has 4 nitrogen and oxygen atoms in total. The number of nitrogens with one attached hydrogen (secondary N) is 2. The Hall–Kier alpha value is -0.610. The molecular formula is C15H28N2O2. The van der Waals surface area contributed by atoms with Gasteiger partial charge in [-0.1, -0.05) is 12.8 Å². The van der Waals surface area contributed by atoms with E-state index in [1.165, 1.54) is 32.1 Å². The lowest BCUT2D eigenvalue weighted by atomic mass is 9.77. The zero-order valence-corrected chi connectivity index (χ0v) is 12.2. The summed E-state index contributed by atoms with van der Waals surface area (Å²) >= 11 is 0. The molecule has 0 aromatic carbocycles. The lowest BCUT2D eigenvalue weighted by molar-refractivity contribution is -0.125. The van der Waals surface area contributed by atoms with E-state index in [9.17, 15) is 9.90 Å². The number of rotatable bonds is 4. The SMILES string of the molecule is CC(O)CC(C)NC(=O)C1CCC2CCCCC2N1. The van der Waals surface area contributed by atoms with Crippen LogP contribution in [0.2, 0.25) is 0 Å². The number of hydrogen-bond acceptors (Lipinski definition) is 3. The van der Waals surface area contributed by atoms with E-state index in [1.54, 1.807) is 6.92 Å². The van der Waals surface area contributed by atoms with Gasteiger partial charge in [0.05, 0.1) is 12.1 Å². The minimum atomic E-state index is -0.364. The Labute approximate surface area is 116 Å². The van der Waals surface area contributed by atoms with Crippen LogP contribution in [0.1, 0.15) is 58.8 Å². The van der Waals surface area contributed by atoms with Gasteiger partial charge in [-0.05, 0) is 51.9 Å². The number of carbonyl (C=O) groups excluding carboxylic acids is 1. The number of aliphatic hydroxyl groups excluding tert-OH is 1. The topological polar surface area (TPSA) is 61.4 Å². The van der Waals surface area contributed by atoms with Gasteiger partial charge in [0.2, 0.25) is 5.91 Å². The highest BCUT2D eigenvalue weighted by Gasteiger charge is 2.34. The highest BCUT2D eigenvalue weighted by Crippen LogP contribution is 2.32. The van der Waals surface area contributed by atoms with Crippen LogP contribution in [-0.2, 0) is 4.79 Å². The molecule has 110 valence electrons. The number of amides is 1. The predicted molar refractivity (Wildman–Crippen MR) is 75.8 cm³/mol. The van der Waals surface area contributed by atoms with Crippen LogP contribution in [0.4, 0.5) is 0 Å². The number of fused-ring (bicyclic) bond motifs is 1. The quantitative estimate of drug-likeness (QED) is 0.725. The number of carbonyl (C=O) groups is 1. The molecule has 2 rings (SSSR count). The first-order valence-corrected chi connectivity index (χ1v) is 7.80. The van der Waals surface area contributed by atoms with E-state index in [0.717, 1.165) is 12.3 Å². The van der Waals surface area contributed by atoms with Crippen LogP contribution < -0.4 is 10.6 Å². The molecule has 5 atom stereocenters. The smallest absolute Gasteiger partial charge is 0.237 e. The molecule has 0 aromatic rings. The Morgan fingerprint density at radius 1 is 1.26 bits per heavy atom. The van der Waals surface area contributed by atoms with Crippen LogP contribution in [0, 0.1) is 5.92 Å². The van der Waals surface area contributed by atoms with Crippen LogP contribution in [0.15, 0.2) is 0 Å². The van der Waals surface area contributed by atoms with Gasteiger partial charge in [0.25, 0.3) is 0 Å². The Morgan fingerprint density at radius 2 is 2.00 bits per heavy atom. The van der Waals surface area contributed by atoms with Crippen molar-refractivity contribution in [1.82, 2.24) is 10.6 Å². The first-order valence-electron chi connectivity index (χ1n) is 7.80. The van der Waals surface area contributed by atoms with Crippen LogP contribution >= 0.6 is 0 Å². The lowest BCUT2D eigenvalue weighted by Gasteiger charge is -2.40. The first-order chi connectivity index (χ1) is 9.06. The molecule has 0 spiro atoms. The van der Waals surface area contributed by atoms with Gasteiger partial charge in [0, 0.05) is 12.1 Å². The average molecular weight is 268 g/mol. The fraction of sp³-hybridized carbons (Fsp3) is 0.933. The maximum atomic E-state index is 12.2. The van der Waals surface area contributed by atoms with Crippen LogP contribution in [0.5, 0.6) is 0 Å². The zero-order chi connectivity index (χ0) is 13.8. The molecule has 1 aliphatic heterocycles. The van der Waals surface area contributed by atoms with Crippen molar-refractivity contribution in [3.8, 4) is 0 Å². The van der Waals surface area contributed by atoms with E-state index in [1.807, 2.05) is 6.92 Å². The van der Waals surface area contributed by atoms with Crippen molar-refractivity contribution in [2.45, 2.75) is 83.0 Å². The summed E-state index contributed by atoms with van der Waals surface area (Å²) in [5.41, 5.74) is 0. The van der Waals surface area contributed by atoms with Crippen molar-refractivity contribution >= 4 is 5.91 Å². The van der Waals surface area contributed by atoms with E-state index >= 15 is 0 Å². The molecule has 1 heterocycles. The molecule has 5 unspecified atom stereocenters. The van der Waals surface area contributed by atoms with Crippen LogP contribution in [-0.4, -0.2) is 35.2 Å². The van der Waals surface area contributed by atoms with Gasteiger partial charge in [-0.2, -0.15) is 0 Å². The van der Waals surface area contributed by atoms with E-state index in [-0.39, 0.29) is 24.1 Å². The van der Waals surface area contributed by atoms with Crippen LogP contribution in [0.25, 0.3) is 0 Å². The Kier molecular flexibility index (Phi) is 5.22. The molecule has 4 heteroatoms. The Balaban J connectivity index is 1.80. The van der Waals surface area contributed by atoms with Gasteiger partial charge >= 0.3 is 0 Å². The fourth-order valence-electron chi connectivity index (χ4n) is 3.62. The third-order valence-electron chi connectivity index (χ3n) is 4.55. The second-order valence-electron chi connectivity index (χ2n) is 6.44. The number of hydrogen-bond donors (Lipinski definition) is 3. The molecular weight excluding hydrogens is 240 g/mol. The summed E-state index contributed by atoms with van der Waals surface area (Å²) in [6, 6.07) is 0.555. The minimum Gasteiger partial charge on any atom is -0.393 e. The molecule has 0 bridgehead atoms. The van der Waals surface area contributed by atoms with Crippen molar-refractivity contribution in [1.29, 1.82) is 0 Å². The van der Waals surface area contributed by atoms with Gasteiger partial charge < -0.3 is 15.7 Å². The molecule has 1 aliphatic carbocycles. The number of piperidine rings is 1. The van der Waals surface area contributed by atoms with Gasteiger partial charge in [0.15, 0.2) is 0 Å². The monoisotopic (exact) mass is 268 g/mol. The van der Waals surface area contributed by atoms with Gasteiger partial charge in [0.1, 0.15) is 0 Å². The summed E-state index contributed by atoms with van der Waals surface area (Å²) in [5.74, 6) is 0.893. The average Bonchev–Trinajstić information content (AvgIpc) is 2.37. The van der Waals surface area contributed by atoms with Crippen LogP contribution in [0.3, 0.4) is 0 Å². The molecule has 1 amide bonds. The second-order valence-corrected chi connectivity index (χ2v) is 6.44. The van der Waals surface area contributed by atoms with Crippen molar-refractivity contribution in [2.75, 3.05) is 0 Å². The predicted octanol–water partition coefficient (Wildman–Crippen LogP) is 1.57. The largest absolute Gasteiger partial charge is 0.393 e. The normalized spacial score (nSPS) is 34.2. The van der Waals surface area contributed by atoms with Gasteiger partial charge in [-0.15, -0.1) is 0 Å². The summed E-state index contributed by atoms with van der Waals surface area (Å²) in [6.45, 7) is 3.71. The third kappa shape index (κ3) is 4.18.